The molecule has 136 valence electrons. The van der Waals surface area contributed by atoms with E-state index in [1.54, 1.807) is 18.2 Å². The Kier molecular flexibility index (Phi) is 5.77. The van der Waals surface area contributed by atoms with Crippen LogP contribution in [0.1, 0.15) is 31.7 Å². The summed E-state index contributed by atoms with van der Waals surface area (Å²) in [6, 6.07) is 6.43. The monoisotopic (exact) mass is 375 g/mol. The predicted molar refractivity (Wildman–Crippen MR) is 95.4 cm³/mol. The standard InChI is InChI=1S/C17H18FN5O2S/c1-2-3-8-13(17(24)25)26-16-14-15(19-10-20-16)23(22-21-14)9-11-6-4-5-7-12(11)18/h4-7,10,13H,2-3,8-9H2,1H3,(H,24,25)/t13-/m0/s1. The maximum atomic E-state index is 13.9. The van der Waals surface area contributed by atoms with Crippen LogP contribution in [-0.4, -0.2) is 41.3 Å². The Hall–Kier alpha value is -2.55. The molecule has 0 saturated carbocycles. The van der Waals surface area contributed by atoms with Crippen LogP contribution < -0.4 is 0 Å². The quantitative estimate of drug-likeness (QED) is 0.477. The first kappa shape index (κ1) is 18.2. The molecule has 0 fully saturated rings. The summed E-state index contributed by atoms with van der Waals surface area (Å²) >= 11 is 1.15. The molecule has 0 bridgehead atoms. The topological polar surface area (TPSA) is 93.8 Å². The molecule has 0 saturated heterocycles. The summed E-state index contributed by atoms with van der Waals surface area (Å²) < 4.78 is 15.4. The van der Waals surface area contributed by atoms with E-state index in [9.17, 15) is 14.3 Å². The van der Waals surface area contributed by atoms with Crippen molar-refractivity contribution in [2.75, 3.05) is 0 Å². The summed E-state index contributed by atoms with van der Waals surface area (Å²) in [6.45, 7) is 2.20. The van der Waals surface area contributed by atoms with Crippen molar-refractivity contribution in [3.8, 4) is 0 Å². The number of nitrogens with zero attached hydrogens (tertiary/aromatic N) is 5. The highest BCUT2D eigenvalue weighted by Gasteiger charge is 2.22. The molecule has 1 aromatic carbocycles. The molecule has 0 amide bonds. The number of carboxylic acid groups (broad SMARTS) is 1. The van der Waals surface area contributed by atoms with Gasteiger partial charge < -0.3 is 5.11 Å². The Labute approximate surface area is 153 Å². The fourth-order valence-electron chi connectivity index (χ4n) is 2.51. The minimum absolute atomic E-state index is 0.183. The van der Waals surface area contributed by atoms with Gasteiger partial charge in [0, 0.05) is 5.56 Å². The van der Waals surface area contributed by atoms with Gasteiger partial charge in [-0.15, -0.1) is 5.10 Å². The summed E-state index contributed by atoms with van der Waals surface area (Å²) in [5.74, 6) is -1.21. The summed E-state index contributed by atoms with van der Waals surface area (Å²) in [4.78, 5) is 19.8. The second kappa shape index (κ2) is 8.22. The molecule has 2 heterocycles. The van der Waals surface area contributed by atoms with Crippen molar-refractivity contribution in [2.24, 2.45) is 0 Å². The minimum atomic E-state index is -0.881. The highest BCUT2D eigenvalue weighted by atomic mass is 32.2. The molecule has 26 heavy (non-hydrogen) atoms. The number of carboxylic acids is 1. The third kappa shape index (κ3) is 3.98. The molecule has 0 unspecified atom stereocenters. The molecule has 0 radical (unpaired) electrons. The van der Waals surface area contributed by atoms with Crippen LogP contribution in [0.2, 0.25) is 0 Å². The van der Waals surface area contributed by atoms with Crippen LogP contribution in [-0.2, 0) is 11.3 Å². The molecule has 3 rings (SSSR count). The molecule has 3 aromatic rings. The third-order valence-corrected chi connectivity index (χ3v) is 5.14. The lowest BCUT2D eigenvalue weighted by atomic mass is 10.2. The van der Waals surface area contributed by atoms with Crippen molar-refractivity contribution in [3.63, 3.8) is 0 Å². The smallest absolute Gasteiger partial charge is 0.317 e. The molecular formula is C17H18FN5O2S. The molecule has 1 atom stereocenters. The maximum Gasteiger partial charge on any atom is 0.317 e. The Morgan fingerprint density at radius 3 is 2.88 bits per heavy atom. The minimum Gasteiger partial charge on any atom is -0.480 e. The van der Waals surface area contributed by atoms with E-state index in [-0.39, 0.29) is 12.4 Å². The van der Waals surface area contributed by atoms with Crippen molar-refractivity contribution >= 4 is 28.9 Å². The van der Waals surface area contributed by atoms with Crippen molar-refractivity contribution in [3.05, 3.63) is 42.0 Å². The molecule has 2 aromatic heterocycles. The lowest BCUT2D eigenvalue weighted by molar-refractivity contribution is -0.136. The summed E-state index contributed by atoms with van der Waals surface area (Å²) in [7, 11) is 0. The van der Waals surface area contributed by atoms with Crippen molar-refractivity contribution < 1.29 is 14.3 Å². The van der Waals surface area contributed by atoms with E-state index >= 15 is 0 Å². The van der Waals surface area contributed by atoms with E-state index in [1.807, 2.05) is 6.92 Å². The van der Waals surface area contributed by atoms with Gasteiger partial charge in [0.25, 0.3) is 0 Å². The van der Waals surface area contributed by atoms with Crippen molar-refractivity contribution in [1.82, 2.24) is 25.0 Å². The van der Waals surface area contributed by atoms with E-state index < -0.39 is 11.2 Å². The number of halogens is 1. The van der Waals surface area contributed by atoms with Gasteiger partial charge in [-0.3, -0.25) is 4.79 Å². The van der Waals surface area contributed by atoms with E-state index in [0.29, 0.717) is 28.2 Å². The Morgan fingerprint density at radius 2 is 2.15 bits per heavy atom. The van der Waals surface area contributed by atoms with Gasteiger partial charge in [-0.1, -0.05) is 54.9 Å². The lowest BCUT2D eigenvalue weighted by Gasteiger charge is -2.10. The number of thioether (sulfide) groups is 1. The van der Waals surface area contributed by atoms with E-state index in [2.05, 4.69) is 20.3 Å². The van der Waals surface area contributed by atoms with Gasteiger partial charge in [0.15, 0.2) is 11.2 Å². The van der Waals surface area contributed by atoms with Crippen molar-refractivity contribution in [2.45, 2.75) is 43.0 Å². The molecule has 7 nitrogen and oxygen atoms in total. The molecular weight excluding hydrogens is 357 g/mol. The average molecular weight is 375 g/mol. The van der Waals surface area contributed by atoms with E-state index in [4.69, 9.17) is 0 Å². The summed E-state index contributed by atoms with van der Waals surface area (Å²) in [6.07, 6.45) is 3.64. The molecule has 1 N–H and O–H groups in total. The Morgan fingerprint density at radius 1 is 1.35 bits per heavy atom. The van der Waals surface area contributed by atoms with Gasteiger partial charge in [-0.25, -0.2) is 19.0 Å². The number of rotatable bonds is 8. The second-order valence-corrected chi connectivity index (χ2v) is 6.97. The number of aromatic nitrogens is 5. The maximum absolute atomic E-state index is 13.9. The number of carbonyl (C=O) groups is 1. The second-order valence-electron chi connectivity index (χ2n) is 5.78. The Balaban J connectivity index is 1.88. The third-order valence-electron chi connectivity index (χ3n) is 3.89. The van der Waals surface area contributed by atoms with Crippen LogP contribution in [0, 0.1) is 5.82 Å². The number of fused-ring (bicyclic) bond motifs is 1. The van der Waals surface area contributed by atoms with Gasteiger partial charge in [-0.2, -0.15) is 0 Å². The Bertz CT molecular complexity index is 917. The van der Waals surface area contributed by atoms with Gasteiger partial charge >= 0.3 is 5.97 Å². The summed E-state index contributed by atoms with van der Waals surface area (Å²) in [5.41, 5.74) is 1.35. The number of aliphatic carboxylic acids is 1. The first-order valence-electron chi connectivity index (χ1n) is 8.27. The largest absolute Gasteiger partial charge is 0.480 e. The average Bonchev–Trinajstić information content (AvgIpc) is 3.04. The van der Waals surface area contributed by atoms with Crippen LogP contribution in [0.25, 0.3) is 11.2 Å². The van der Waals surface area contributed by atoms with Gasteiger partial charge in [0.05, 0.1) is 6.54 Å². The highest BCUT2D eigenvalue weighted by Crippen LogP contribution is 2.29. The molecule has 0 aliphatic rings. The van der Waals surface area contributed by atoms with Gasteiger partial charge in [-0.05, 0) is 12.5 Å². The SMILES string of the molecule is CCCC[C@H](Sc1ncnc2c1nnn2Cc1ccccc1F)C(=O)O. The fourth-order valence-corrected chi connectivity index (χ4v) is 3.52. The van der Waals surface area contributed by atoms with Crippen LogP contribution >= 0.6 is 11.8 Å². The number of benzene rings is 1. The highest BCUT2D eigenvalue weighted by molar-refractivity contribution is 8.00. The molecule has 9 heteroatoms. The first-order chi connectivity index (χ1) is 12.6. The molecule has 0 aliphatic carbocycles. The van der Waals surface area contributed by atoms with Crippen LogP contribution in [0.3, 0.4) is 0 Å². The molecule has 0 aliphatic heterocycles. The number of unbranched alkanes of at least 4 members (excludes halogenated alkanes) is 1. The summed E-state index contributed by atoms with van der Waals surface area (Å²) in [5, 5.41) is 17.4. The van der Waals surface area contributed by atoms with Crippen LogP contribution in [0.4, 0.5) is 4.39 Å². The van der Waals surface area contributed by atoms with Crippen LogP contribution in [0.5, 0.6) is 0 Å². The zero-order chi connectivity index (χ0) is 18.5. The van der Waals surface area contributed by atoms with Gasteiger partial charge in [0.1, 0.15) is 22.4 Å². The zero-order valence-electron chi connectivity index (χ0n) is 14.2. The van der Waals surface area contributed by atoms with Crippen molar-refractivity contribution in [1.29, 1.82) is 0 Å². The fraction of sp³-hybridized carbons (Fsp3) is 0.353. The predicted octanol–water partition coefficient (Wildman–Crippen LogP) is 3.14. The number of hydrogen-bond donors (Lipinski definition) is 1. The molecule has 0 spiro atoms. The number of hydrogen-bond acceptors (Lipinski definition) is 6. The van der Waals surface area contributed by atoms with Crippen LogP contribution in [0.15, 0.2) is 35.6 Å². The first-order valence-corrected chi connectivity index (χ1v) is 9.15. The van der Waals surface area contributed by atoms with E-state index in [1.165, 1.54) is 17.1 Å². The zero-order valence-corrected chi connectivity index (χ0v) is 15.0. The lowest BCUT2D eigenvalue weighted by Crippen LogP contribution is -2.16. The normalized spacial score (nSPS) is 12.4. The van der Waals surface area contributed by atoms with Gasteiger partial charge in [0.2, 0.25) is 0 Å². The van der Waals surface area contributed by atoms with E-state index in [0.717, 1.165) is 24.6 Å².